The molecular weight excluding hydrogens is 526 g/mol. The van der Waals surface area contributed by atoms with Gasteiger partial charge in [-0.3, -0.25) is 0 Å². The molecule has 1 saturated heterocycles. The SMILES string of the molecule is Fc1cc(OC(F)(F)c2ccc(C3CCC(C4OCC(C5CCCC5)CO4)CC3)cc2)ccc1OC(F)(F)F. The minimum Gasteiger partial charge on any atom is -0.429 e. The van der Waals surface area contributed by atoms with Crippen molar-refractivity contribution in [1.82, 2.24) is 0 Å². The van der Waals surface area contributed by atoms with Gasteiger partial charge in [-0.2, -0.15) is 8.78 Å². The van der Waals surface area contributed by atoms with Gasteiger partial charge in [0.15, 0.2) is 17.9 Å². The lowest BCUT2D eigenvalue weighted by molar-refractivity contribution is -0.275. The minimum atomic E-state index is -5.11. The van der Waals surface area contributed by atoms with Gasteiger partial charge in [-0.1, -0.05) is 37.8 Å². The van der Waals surface area contributed by atoms with E-state index in [0.29, 0.717) is 24.0 Å². The zero-order chi connectivity index (χ0) is 27.6. The Balaban J connectivity index is 1.12. The van der Waals surface area contributed by atoms with Crippen molar-refractivity contribution in [2.75, 3.05) is 13.2 Å². The van der Waals surface area contributed by atoms with Crippen LogP contribution in [-0.2, 0) is 15.6 Å². The standard InChI is InChI=1S/C29H32F6O4/c30-25-15-24(13-14-26(25)39-29(33,34)35)38-28(31,32)23-11-9-20(10-12-23)19-5-7-21(8-6-19)27-36-16-22(17-37-27)18-3-1-2-4-18/h9-15,18-19,21-22,27H,1-8,16-17H2. The van der Waals surface area contributed by atoms with E-state index in [1.54, 1.807) is 12.1 Å². The molecule has 0 bridgehead atoms. The van der Waals surface area contributed by atoms with Crippen LogP contribution in [0.4, 0.5) is 26.3 Å². The van der Waals surface area contributed by atoms with Crippen molar-refractivity contribution in [2.45, 2.75) is 76.0 Å². The number of hydrogen-bond donors (Lipinski definition) is 0. The van der Waals surface area contributed by atoms with Crippen molar-refractivity contribution in [3.05, 3.63) is 59.4 Å². The Labute approximate surface area is 223 Å². The number of ether oxygens (including phenoxy) is 4. The summed E-state index contributed by atoms with van der Waals surface area (Å²) in [6, 6.07) is 7.60. The van der Waals surface area contributed by atoms with Crippen molar-refractivity contribution in [3.8, 4) is 11.5 Å². The third kappa shape index (κ3) is 7.01. The van der Waals surface area contributed by atoms with E-state index in [0.717, 1.165) is 56.4 Å². The number of hydrogen-bond acceptors (Lipinski definition) is 4. The maximum absolute atomic E-state index is 14.7. The zero-order valence-electron chi connectivity index (χ0n) is 21.4. The summed E-state index contributed by atoms with van der Waals surface area (Å²) in [7, 11) is 0. The van der Waals surface area contributed by atoms with Crippen molar-refractivity contribution in [3.63, 3.8) is 0 Å². The molecule has 1 heterocycles. The predicted molar refractivity (Wildman–Crippen MR) is 130 cm³/mol. The van der Waals surface area contributed by atoms with Crippen LogP contribution in [0.3, 0.4) is 0 Å². The molecule has 10 heteroatoms. The van der Waals surface area contributed by atoms with Crippen LogP contribution in [0.25, 0.3) is 0 Å². The summed E-state index contributed by atoms with van der Waals surface area (Å²) in [4.78, 5) is 0. The lowest BCUT2D eigenvalue weighted by Crippen LogP contribution is -2.40. The fraction of sp³-hybridized carbons (Fsp3) is 0.586. The quantitative estimate of drug-likeness (QED) is 0.321. The van der Waals surface area contributed by atoms with Crippen molar-refractivity contribution in [2.24, 2.45) is 17.8 Å². The normalized spacial score (nSPS) is 26.9. The Kier molecular flexibility index (Phi) is 8.33. The predicted octanol–water partition coefficient (Wildman–Crippen LogP) is 8.31. The van der Waals surface area contributed by atoms with E-state index >= 15 is 0 Å². The second kappa shape index (κ2) is 11.6. The number of benzene rings is 2. The van der Waals surface area contributed by atoms with Gasteiger partial charge in [-0.25, -0.2) is 4.39 Å². The highest BCUT2D eigenvalue weighted by Gasteiger charge is 2.38. The Morgan fingerprint density at radius 3 is 1.92 bits per heavy atom. The summed E-state index contributed by atoms with van der Waals surface area (Å²) < 4.78 is 101. The zero-order valence-corrected chi connectivity index (χ0v) is 21.4. The van der Waals surface area contributed by atoms with E-state index in [9.17, 15) is 26.3 Å². The van der Waals surface area contributed by atoms with Gasteiger partial charge < -0.3 is 18.9 Å². The number of alkyl halides is 5. The van der Waals surface area contributed by atoms with Gasteiger partial charge >= 0.3 is 12.5 Å². The molecule has 0 amide bonds. The highest BCUT2D eigenvalue weighted by Crippen LogP contribution is 2.41. The lowest BCUT2D eigenvalue weighted by atomic mass is 9.78. The second-order valence-corrected chi connectivity index (χ2v) is 10.8. The number of rotatable bonds is 7. The van der Waals surface area contributed by atoms with Crippen LogP contribution in [0.15, 0.2) is 42.5 Å². The smallest absolute Gasteiger partial charge is 0.429 e. The summed E-state index contributed by atoms with van der Waals surface area (Å²) in [5, 5.41) is 0. The summed E-state index contributed by atoms with van der Waals surface area (Å²) in [5.74, 6) is -1.44. The first-order valence-corrected chi connectivity index (χ1v) is 13.5. The average Bonchev–Trinajstić information content (AvgIpc) is 3.45. The molecule has 0 aromatic heterocycles. The van der Waals surface area contributed by atoms with Gasteiger partial charge in [0.25, 0.3) is 0 Å². The van der Waals surface area contributed by atoms with Gasteiger partial charge in [0, 0.05) is 17.9 Å². The largest absolute Gasteiger partial charge is 0.573 e. The molecule has 1 aliphatic heterocycles. The van der Waals surface area contributed by atoms with E-state index in [1.807, 2.05) is 0 Å². The van der Waals surface area contributed by atoms with E-state index < -0.39 is 35.4 Å². The van der Waals surface area contributed by atoms with Crippen molar-refractivity contribution < 1.29 is 45.3 Å². The molecule has 2 saturated carbocycles. The van der Waals surface area contributed by atoms with Crippen LogP contribution in [0.5, 0.6) is 11.5 Å². The third-order valence-electron chi connectivity index (χ3n) is 8.27. The monoisotopic (exact) mass is 558 g/mol. The molecule has 2 aromatic carbocycles. The van der Waals surface area contributed by atoms with Gasteiger partial charge in [0.1, 0.15) is 5.75 Å². The van der Waals surface area contributed by atoms with Crippen LogP contribution < -0.4 is 9.47 Å². The topological polar surface area (TPSA) is 36.9 Å². The van der Waals surface area contributed by atoms with Crippen LogP contribution in [0, 0.1) is 23.6 Å². The van der Waals surface area contributed by atoms with Gasteiger partial charge in [0.05, 0.1) is 18.8 Å². The molecule has 2 aromatic rings. The molecule has 39 heavy (non-hydrogen) atoms. The summed E-state index contributed by atoms with van der Waals surface area (Å²) in [6.07, 6.45) is -0.265. The first kappa shape index (κ1) is 28.1. The van der Waals surface area contributed by atoms with Gasteiger partial charge in [-0.15, -0.1) is 13.2 Å². The Morgan fingerprint density at radius 1 is 0.692 bits per heavy atom. The molecule has 0 spiro atoms. The molecular formula is C29H32F6O4. The molecule has 0 atom stereocenters. The van der Waals surface area contributed by atoms with Gasteiger partial charge in [-0.05, 0) is 67.3 Å². The average molecular weight is 559 g/mol. The maximum atomic E-state index is 14.7. The highest BCUT2D eigenvalue weighted by molar-refractivity contribution is 5.34. The van der Waals surface area contributed by atoms with Gasteiger partial charge in [0.2, 0.25) is 0 Å². The van der Waals surface area contributed by atoms with Crippen LogP contribution in [0.1, 0.15) is 68.4 Å². The Bertz CT molecular complexity index is 1080. The molecule has 3 aliphatic rings. The molecule has 2 aliphatic carbocycles. The van der Waals surface area contributed by atoms with E-state index in [4.69, 9.17) is 9.47 Å². The summed E-state index contributed by atoms with van der Waals surface area (Å²) >= 11 is 0. The summed E-state index contributed by atoms with van der Waals surface area (Å²) in [5.41, 5.74) is 0.497. The first-order chi connectivity index (χ1) is 18.6. The molecule has 214 valence electrons. The van der Waals surface area contributed by atoms with Crippen molar-refractivity contribution in [1.29, 1.82) is 0 Å². The van der Waals surface area contributed by atoms with E-state index in [-0.39, 0.29) is 12.2 Å². The number of halogens is 6. The first-order valence-electron chi connectivity index (χ1n) is 13.5. The maximum Gasteiger partial charge on any atom is 0.573 e. The minimum absolute atomic E-state index is 0.166. The fourth-order valence-corrected chi connectivity index (χ4v) is 6.14. The molecule has 3 fully saturated rings. The van der Waals surface area contributed by atoms with Crippen LogP contribution >= 0.6 is 0 Å². The Morgan fingerprint density at radius 2 is 1.33 bits per heavy atom. The molecule has 5 rings (SSSR count). The highest BCUT2D eigenvalue weighted by atomic mass is 19.4. The summed E-state index contributed by atoms with van der Waals surface area (Å²) in [6.45, 7) is 1.54. The second-order valence-electron chi connectivity index (χ2n) is 10.8. The van der Waals surface area contributed by atoms with Crippen LogP contribution in [-0.4, -0.2) is 25.9 Å². The van der Waals surface area contributed by atoms with E-state index in [2.05, 4.69) is 9.47 Å². The third-order valence-corrected chi connectivity index (χ3v) is 8.27. The molecule has 0 radical (unpaired) electrons. The molecule has 4 nitrogen and oxygen atoms in total. The van der Waals surface area contributed by atoms with Crippen LogP contribution in [0.2, 0.25) is 0 Å². The lowest BCUT2D eigenvalue weighted by Gasteiger charge is -2.39. The van der Waals surface area contributed by atoms with E-state index in [1.165, 1.54) is 37.8 Å². The molecule has 0 N–H and O–H groups in total. The molecule has 0 unspecified atom stereocenters. The Hall–Kier alpha value is -2.46. The van der Waals surface area contributed by atoms with Crippen molar-refractivity contribution >= 4 is 0 Å². The fourth-order valence-electron chi connectivity index (χ4n) is 6.14.